The fourth-order valence-electron chi connectivity index (χ4n) is 2.71. The number of nitrogens with zero attached hydrogens (tertiary/aromatic N) is 1. The lowest BCUT2D eigenvalue weighted by molar-refractivity contribution is -0.274. The Balaban J connectivity index is 1.93. The number of carboxylic acid groups (broad SMARTS) is 1. The molecule has 138 valence electrons. The maximum atomic E-state index is 12.3. The molecule has 0 aliphatic carbocycles. The van der Waals surface area contributed by atoms with Crippen LogP contribution in [0.2, 0.25) is 0 Å². The molecule has 0 spiro atoms. The van der Waals surface area contributed by atoms with Gasteiger partial charge in [0.2, 0.25) is 5.91 Å². The fourth-order valence-corrected chi connectivity index (χ4v) is 2.71. The number of nitrogens with one attached hydrogen (secondary N) is 1. The number of anilines is 1. The van der Waals surface area contributed by atoms with Crippen LogP contribution >= 0.6 is 0 Å². The Labute approximate surface area is 142 Å². The van der Waals surface area contributed by atoms with E-state index in [-0.39, 0.29) is 11.7 Å². The third-order valence-corrected chi connectivity index (χ3v) is 4.08. The lowest BCUT2D eigenvalue weighted by Gasteiger charge is -2.34. The quantitative estimate of drug-likeness (QED) is 0.844. The second kappa shape index (κ2) is 7.73. The molecular formula is C16H19F3N2O4. The van der Waals surface area contributed by atoms with Gasteiger partial charge in [0.15, 0.2) is 0 Å². The third kappa shape index (κ3) is 5.63. The van der Waals surface area contributed by atoms with Crippen LogP contribution in [0.3, 0.4) is 0 Å². The first-order valence-electron chi connectivity index (χ1n) is 7.79. The average molecular weight is 360 g/mol. The van der Waals surface area contributed by atoms with Gasteiger partial charge in [0.25, 0.3) is 0 Å². The molecule has 9 heteroatoms. The number of benzene rings is 1. The summed E-state index contributed by atoms with van der Waals surface area (Å²) in [6.45, 7) is 2.58. The fraction of sp³-hybridized carbons (Fsp3) is 0.500. The van der Waals surface area contributed by atoms with E-state index in [4.69, 9.17) is 5.11 Å². The molecule has 1 saturated heterocycles. The van der Waals surface area contributed by atoms with E-state index >= 15 is 0 Å². The van der Waals surface area contributed by atoms with E-state index in [2.05, 4.69) is 10.1 Å². The summed E-state index contributed by atoms with van der Waals surface area (Å²) in [4.78, 5) is 25.2. The number of aliphatic carboxylic acids is 1. The highest BCUT2D eigenvalue weighted by Gasteiger charge is 2.32. The van der Waals surface area contributed by atoms with Crippen LogP contribution in [0.1, 0.15) is 19.8 Å². The van der Waals surface area contributed by atoms with E-state index < -0.39 is 24.3 Å². The van der Waals surface area contributed by atoms with Crippen molar-refractivity contribution in [3.8, 4) is 5.75 Å². The first kappa shape index (κ1) is 19.0. The van der Waals surface area contributed by atoms with Crippen molar-refractivity contribution in [2.24, 2.45) is 5.92 Å². The van der Waals surface area contributed by atoms with Crippen LogP contribution in [0.5, 0.6) is 5.75 Å². The van der Waals surface area contributed by atoms with Gasteiger partial charge < -0.3 is 15.2 Å². The van der Waals surface area contributed by atoms with E-state index in [1.807, 2.05) is 0 Å². The summed E-state index contributed by atoms with van der Waals surface area (Å²) in [5, 5.41) is 11.7. The third-order valence-electron chi connectivity index (χ3n) is 4.08. The molecule has 0 saturated carbocycles. The van der Waals surface area contributed by atoms with Gasteiger partial charge in [-0.25, -0.2) is 0 Å². The van der Waals surface area contributed by atoms with Crippen LogP contribution in [-0.4, -0.2) is 47.4 Å². The van der Waals surface area contributed by atoms with Gasteiger partial charge in [0, 0.05) is 12.2 Å². The number of alkyl halides is 3. The van der Waals surface area contributed by atoms with E-state index in [0.717, 1.165) is 12.1 Å². The lowest BCUT2D eigenvalue weighted by Crippen LogP contribution is -2.48. The minimum absolute atomic E-state index is 0.294. The Morgan fingerprint density at radius 1 is 1.32 bits per heavy atom. The number of piperidine rings is 1. The molecule has 0 bridgehead atoms. The van der Waals surface area contributed by atoms with Gasteiger partial charge in [0.05, 0.1) is 12.0 Å². The van der Waals surface area contributed by atoms with E-state index in [9.17, 15) is 22.8 Å². The average Bonchev–Trinajstić information content (AvgIpc) is 2.54. The highest BCUT2D eigenvalue weighted by atomic mass is 19.4. The van der Waals surface area contributed by atoms with Crippen molar-refractivity contribution in [2.45, 2.75) is 32.2 Å². The maximum absolute atomic E-state index is 12.3. The topological polar surface area (TPSA) is 78.9 Å². The summed E-state index contributed by atoms with van der Waals surface area (Å²) in [7, 11) is 0. The molecule has 2 atom stereocenters. The molecule has 2 N–H and O–H groups in total. The Hall–Kier alpha value is -2.29. The summed E-state index contributed by atoms with van der Waals surface area (Å²) >= 11 is 0. The van der Waals surface area contributed by atoms with Crippen molar-refractivity contribution in [1.29, 1.82) is 0 Å². The molecule has 1 aliphatic rings. The first-order chi connectivity index (χ1) is 11.7. The molecule has 1 fully saturated rings. The number of carbonyl (C=O) groups excluding carboxylic acids is 1. The zero-order chi connectivity index (χ0) is 18.6. The van der Waals surface area contributed by atoms with Gasteiger partial charge in [-0.3, -0.25) is 14.5 Å². The molecule has 0 radical (unpaired) electrons. The molecule has 25 heavy (non-hydrogen) atoms. The predicted molar refractivity (Wildman–Crippen MR) is 83.1 cm³/mol. The van der Waals surface area contributed by atoms with Crippen molar-refractivity contribution >= 4 is 17.6 Å². The zero-order valence-corrected chi connectivity index (χ0v) is 13.5. The number of hydrogen-bond acceptors (Lipinski definition) is 4. The number of hydrogen-bond donors (Lipinski definition) is 2. The molecule has 1 aromatic rings. The highest BCUT2D eigenvalue weighted by molar-refractivity contribution is 5.94. The van der Waals surface area contributed by atoms with Crippen molar-refractivity contribution in [1.82, 2.24) is 4.90 Å². The maximum Gasteiger partial charge on any atom is 0.573 e. The summed E-state index contributed by atoms with van der Waals surface area (Å²) in [6, 6.07) is 4.28. The second-order valence-electron chi connectivity index (χ2n) is 5.91. The highest BCUT2D eigenvalue weighted by Crippen LogP contribution is 2.24. The van der Waals surface area contributed by atoms with Crippen molar-refractivity contribution in [2.75, 3.05) is 18.4 Å². The number of carbonyl (C=O) groups is 2. The summed E-state index contributed by atoms with van der Waals surface area (Å²) in [5.41, 5.74) is 0.332. The molecule has 2 unspecified atom stereocenters. The summed E-state index contributed by atoms with van der Waals surface area (Å²) < 4.78 is 40.1. The number of carboxylic acids is 1. The minimum atomic E-state index is -4.77. The largest absolute Gasteiger partial charge is 0.573 e. The van der Waals surface area contributed by atoms with Crippen LogP contribution in [0, 0.1) is 5.92 Å². The molecule has 1 aromatic carbocycles. The Morgan fingerprint density at radius 2 is 1.96 bits per heavy atom. The number of halogens is 3. The number of ether oxygens (including phenoxy) is 1. The van der Waals surface area contributed by atoms with Crippen LogP contribution in [0.15, 0.2) is 24.3 Å². The minimum Gasteiger partial charge on any atom is -0.481 e. The molecule has 6 nitrogen and oxygen atoms in total. The van der Waals surface area contributed by atoms with Crippen molar-refractivity contribution in [3.05, 3.63) is 24.3 Å². The van der Waals surface area contributed by atoms with E-state index in [0.29, 0.717) is 31.6 Å². The first-order valence-corrected chi connectivity index (χ1v) is 7.79. The van der Waals surface area contributed by atoms with Gasteiger partial charge in [-0.05, 0) is 50.6 Å². The van der Waals surface area contributed by atoms with Gasteiger partial charge in [-0.1, -0.05) is 0 Å². The second-order valence-corrected chi connectivity index (χ2v) is 5.91. The predicted octanol–water partition coefficient (Wildman–Crippen LogP) is 2.71. The van der Waals surface area contributed by atoms with Crippen LogP contribution in [-0.2, 0) is 9.59 Å². The standard InChI is InChI=1S/C16H19F3N2O4/c1-10(21-8-2-3-11(9-21)15(23)24)14(22)20-12-4-6-13(7-5-12)25-16(17,18)19/h4-7,10-11H,2-3,8-9H2,1H3,(H,20,22)(H,23,24). The van der Waals surface area contributed by atoms with Crippen LogP contribution < -0.4 is 10.1 Å². The molecule has 2 rings (SSSR count). The van der Waals surface area contributed by atoms with Gasteiger partial charge in [-0.15, -0.1) is 13.2 Å². The molecule has 1 aliphatic heterocycles. The Kier molecular flexibility index (Phi) is 5.89. The van der Waals surface area contributed by atoms with E-state index in [1.54, 1.807) is 11.8 Å². The lowest BCUT2D eigenvalue weighted by atomic mass is 9.97. The SMILES string of the molecule is CC(C(=O)Nc1ccc(OC(F)(F)F)cc1)N1CCCC(C(=O)O)C1. The smallest absolute Gasteiger partial charge is 0.481 e. The number of amides is 1. The van der Waals surface area contributed by atoms with Crippen molar-refractivity contribution in [3.63, 3.8) is 0 Å². The zero-order valence-electron chi connectivity index (χ0n) is 13.5. The van der Waals surface area contributed by atoms with Crippen LogP contribution in [0.4, 0.5) is 18.9 Å². The van der Waals surface area contributed by atoms with Crippen molar-refractivity contribution < 1.29 is 32.6 Å². The van der Waals surface area contributed by atoms with Gasteiger partial charge in [0.1, 0.15) is 5.75 Å². The molecule has 0 aromatic heterocycles. The van der Waals surface area contributed by atoms with Crippen LogP contribution in [0.25, 0.3) is 0 Å². The van der Waals surface area contributed by atoms with E-state index in [1.165, 1.54) is 12.1 Å². The molecule has 1 amide bonds. The summed E-state index contributed by atoms with van der Waals surface area (Å²) in [5.74, 6) is -2.10. The normalized spacial score (nSPS) is 19.9. The monoisotopic (exact) mass is 360 g/mol. The Bertz CT molecular complexity index is 619. The van der Waals surface area contributed by atoms with Gasteiger partial charge in [-0.2, -0.15) is 0 Å². The molecule has 1 heterocycles. The molecular weight excluding hydrogens is 341 g/mol. The Morgan fingerprint density at radius 3 is 2.52 bits per heavy atom. The number of likely N-dealkylation sites (tertiary alicyclic amines) is 1. The number of rotatable bonds is 5. The summed E-state index contributed by atoms with van der Waals surface area (Å²) in [6.07, 6.45) is -3.49. The van der Waals surface area contributed by atoms with Gasteiger partial charge >= 0.3 is 12.3 Å².